The zero-order valence-electron chi connectivity index (χ0n) is 11.2. The van der Waals surface area contributed by atoms with Crippen molar-refractivity contribution in [2.24, 2.45) is 0 Å². The van der Waals surface area contributed by atoms with Crippen LogP contribution in [-0.4, -0.2) is 71.1 Å². The normalized spacial score (nSPS) is 12.5. The number of hydrogen-bond donors (Lipinski definition) is 3. The van der Waals surface area contributed by atoms with Crippen molar-refractivity contribution in [1.29, 1.82) is 0 Å². The summed E-state index contributed by atoms with van der Waals surface area (Å²) in [5.41, 5.74) is 0. The molecule has 0 rings (SSSR count). The van der Waals surface area contributed by atoms with Crippen LogP contribution in [-0.2, 0) is 14.9 Å². The van der Waals surface area contributed by atoms with Crippen LogP contribution in [0.4, 0.5) is 0 Å². The van der Waals surface area contributed by atoms with Crippen molar-refractivity contribution in [2.75, 3.05) is 6.54 Å². The summed E-state index contributed by atoms with van der Waals surface area (Å²) >= 11 is 0. The van der Waals surface area contributed by atoms with Crippen LogP contribution in [0.1, 0.15) is 51.9 Å². The molecule has 112 valence electrons. The molecule has 10 heteroatoms. The first kappa shape index (κ1) is 22.6. The van der Waals surface area contributed by atoms with Crippen LogP contribution in [0.25, 0.3) is 0 Å². The Morgan fingerprint density at radius 1 is 1.00 bits per heavy atom. The number of rotatable bonds is 10. The van der Waals surface area contributed by atoms with E-state index in [-0.39, 0.29) is 48.4 Å². The van der Waals surface area contributed by atoms with Crippen LogP contribution in [0.5, 0.6) is 0 Å². The Morgan fingerprint density at radius 2 is 1.42 bits per heavy atom. The summed E-state index contributed by atoms with van der Waals surface area (Å²) in [5.74, 6) is 0. The van der Waals surface area contributed by atoms with Crippen LogP contribution in [0.3, 0.4) is 0 Å². The zero-order valence-corrected chi connectivity index (χ0v) is 15.2. The van der Waals surface area contributed by atoms with Crippen molar-refractivity contribution in [3.05, 3.63) is 0 Å². The molecule has 0 aliphatic rings. The van der Waals surface area contributed by atoms with E-state index in [1.54, 1.807) is 0 Å². The van der Waals surface area contributed by atoms with Gasteiger partial charge in [-0.05, 0) is 6.42 Å². The summed E-state index contributed by atoms with van der Waals surface area (Å²) in [6, 6.07) is 0. The first-order valence-corrected chi connectivity index (χ1v) is 8.97. The van der Waals surface area contributed by atoms with E-state index in [0.717, 1.165) is 32.1 Å². The molecule has 0 aromatic heterocycles. The molecule has 19 heavy (non-hydrogen) atoms. The Bertz CT molecular complexity index is 371. The molecule has 0 atom stereocenters. The Labute approximate surface area is 144 Å². The van der Waals surface area contributed by atoms with Gasteiger partial charge in [-0.3, -0.25) is 4.55 Å². The third-order valence-corrected chi connectivity index (χ3v) is 5.26. The molecule has 0 heterocycles. The summed E-state index contributed by atoms with van der Waals surface area (Å²) < 4.78 is 40.9. The van der Waals surface area contributed by atoms with Crippen molar-refractivity contribution in [2.45, 2.75) is 51.9 Å². The maximum atomic E-state index is 10.9. The first-order chi connectivity index (χ1) is 8.19. The van der Waals surface area contributed by atoms with Gasteiger partial charge in [-0.1, -0.05) is 49.5 Å². The quantitative estimate of drug-likeness (QED) is 0.240. The Morgan fingerprint density at radius 3 is 1.79 bits per heavy atom. The molecule has 0 amide bonds. The van der Waals surface area contributed by atoms with E-state index in [2.05, 4.69) is 6.92 Å². The third kappa shape index (κ3) is 11.6. The fourth-order valence-corrected chi connectivity index (χ4v) is 3.42. The van der Waals surface area contributed by atoms with Crippen LogP contribution in [0.2, 0.25) is 0 Å². The van der Waals surface area contributed by atoms with Gasteiger partial charge in [0, 0.05) is 44.3 Å². The minimum Gasteiger partial charge on any atom is -0.312 e. The predicted octanol–water partition coefficient (Wildman–Crippen LogP) is 1.55. The van der Waals surface area contributed by atoms with Crippen LogP contribution < -0.4 is 0 Å². The SMILES string of the molecule is CCCCCCCCCN(P(=O)(O)O)S(=O)(=O)O.[Ca]. The standard InChI is InChI=1S/C9H22NO6PS.Ca/c1-2-3-4-5-6-7-8-9-10(17(11,12)13)18(14,15)16;/h2-9H2,1H3,(H2,11,12,13)(H,14,15,16);. The Balaban J connectivity index is 0. The van der Waals surface area contributed by atoms with E-state index in [4.69, 9.17) is 14.3 Å². The fourth-order valence-electron chi connectivity index (χ4n) is 1.58. The van der Waals surface area contributed by atoms with Gasteiger partial charge in [0.2, 0.25) is 0 Å². The van der Waals surface area contributed by atoms with E-state index in [1.807, 2.05) is 0 Å². The topological polar surface area (TPSA) is 115 Å². The average Bonchev–Trinajstić information content (AvgIpc) is 2.18. The molecule has 0 fully saturated rings. The Kier molecular flexibility index (Phi) is 13.0. The monoisotopic (exact) mass is 343 g/mol. The summed E-state index contributed by atoms with van der Waals surface area (Å²) in [7, 11) is -9.82. The van der Waals surface area contributed by atoms with Crippen molar-refractivity contribution in [1.82, 2.24) is 4.08 Å². The van der Waals surface area contributed by atoms with E-state index in [0.29, 0.717) is 12.8 Å². The molecule has 0 saturated carbocycles. The van der Waals surface area contributed by atoms with Gasteiger partial charge >= 0.3 is 18.1 Å². The van der Waals surface area contributed by atoms with E-state index < -0.39 is 18.1 Å². The molecule has 0 bridgehead atoms. The molecule has 7 nitrogen and oxygen atoms in total. The predicted molar refractivity (Wildman–Crippen MR) is 74.0 cm³/mol. The van der Waals surface area contributed by atoms with E-state index >= 15 is 0 Å². The molecular formula is C9H22CaNO6PS. The second-order valence-electron chi connectivity index (χ2n) is 4.16. The number of hydrogen-bond acceptors (Lipinski definition) is 3. The minimum atomic E-state index is -4.97. The molecule has 2 radical (unpaired) electrons. The maximum absolute atomic E-state index is 10.9. The van der Waals surface area contributed by atoms with Crippen molar-refractivity contribution >= 4 is 55.8 Å². The van der Waals surface area contributed by atoms with E-state index in [1.165, 1.54) is 0 Å². The van der Waals surface area contributed by atoms with Gasteiger partial charge in [0.15, 0.2) is 0 Å². The molecule has 0 aliphatic heterocycles. The number of unbranched alkanes of at least 4 members (excludes halogenated alkanes) is 6. The third-order valence-electron chi connectivity index (χ3n) is 2.51. The molecule has 0 spiro atoms. The fraction of sp³-hybridized carbons (Fsp3) is 1.00. The summed E-state index contributed by atoms with van der Waals surface area (Å²) in [6.07, 6.45) is 6.30. The van der Waals surface area contributed by atoms with Crippen molar-refractivity contribution in [3.8, 4) is 0 Å². The second kappa shape index (κ2) is 10.9. The van der Waals surface area contributed by atoms with Gasteiger partial charge in [-0.15, -0.1) is 0 Å². The first-order valence-electron chi connectivity index (χ1n) is 6.00. The van der Waals surface area contributed by atoms with E-state index in [9.17, 15) is 13.0 Å². The maximum Gasteiger partial charge on any atom is 0.418 e. The minimum absolute atomic E-state index is 0. The van der Waals surface area contributed by atoms with Crippen LogP contribution in [0, 0.1) is 0 Å². The molecule has 0 aliphatic carbocycles. The zero-order chi connectivity index (χ0) is 14.2. The summed E-state index contributed by atoms with van der Waals surface area (Å²) in [5, 5.41) is 0. The summed E-state index contributed by atoms with van der Waals surface area (Å²) in [4.78, 5) is 17.6. The average molecular weight is 343 g/mol. The van der Waals surface area contributed by atoms with Gasteiger partial charge in [0.05, 0.1) is 0 Å². The van der Waals surface area contributed by atoms with Gasteiger partial charge < -0.3 is 9.79 Å². The second-order valence-corrected chi connectivity index (χ2v) is 7.27. The molecule has 0 aromatic rings. The van der Waals surface area contributed by atoms with Crippen molar-refractivity contribution < 1.29 is 27.3 Å². The smallest absolute Gasteiger partial charge is 0.312 e. The van der Waals surface area contributed by atoms with Crippen LogP contribution in [0.15, 0.2) is 0 Å². The number of nitrogens with zero attached hydrogens (tertiary/aromatic N) is 1. The summed E-state index contributed by atoms with van der Waals surface area (Å²) in [6.45, 7) is 1.74. The molecule has 0 aromatic carbocycles. The van der Waals surface area contributed by atoms with Crippen molar-refractivity contribution in [3.63, 3.8) is 0 Å². The molecular weight excluding hydrogens is 321 g/mol. The van der Waals surface area contributed by atoms with Gasteiger partial charge in [-0.25, -0.2) is 4.57 Å². The largest absolute Gasteiger partial charge is 0.418 e. The molecule has 3 N–H and O–H groups in total. The molecule has 0 unspecified atom stereocenters. The van der Waals surface area contributed by atoms with Crippen LogP contribution >= 0.6 is 7.75 Å². The molecule has 0 saturated heterocycles. The van der Waals surface area contributed by atoms with Gasteiger partial charge in [-0.2, -0.15) is 8.42 Å². The van der Waals surface area contributed by atoms with Gasteiger partial charge in [0.1, 0.15) is 0 Å². The van der Waals surface area contributed by atoms with Gasteiger partial charge in [0.25, 0.3) is 0 Å². The Hall–Kier alpha value is 1.28.